The summed E-state index contributed by atoms with van der Waals surface area (Å²) in [6.45, 7) is 0. The van der Waals surface area contributed by atoms with Gasteiger partial charge in [-0.1, -0.05) is 24.3 Å². The summed E-state index contributed by atoms with van der Waals surface area (Å²) in [6, 6.07) is 7.37. The van der Waals surface area contributed by atoms with Crippen LogP contribution in [0, 0.1) is 0 Å². The van der Waals surface area contributed by atoms with Crippen LogP contribution in [0.3, 0.4) is 0 Å². The van der Waals surface area contributed by atoms with Gasteiger partial charge in [0.15, 0.2) is 0 Å². The van der Waals surface area contributed by atoms with Crippen LogP contribution in [-0.2, 0) is 12.4 Å². The van der Waals surface area contributed by atoms with Crippen LogP contribution in [0.15, 0.2) is 54.2 Å². The fraction of sp³-hybridized carbons (Fsp3) is 0.150. The molecule has 2 heterocycles. The van der Waals surface area contributed by atoms with Crippen molar-refractivity contribution in [3.63, 3.8) is 0 Å². The van der Waals surface area contributed by atoms with Crippen molar-refractivity contribution in [1.82, 2.24) is 4.98 Å². The summed E-state index contributed by atoms with van der Waals surface area (Å²) in [6.07, 6.45) is -14.3. The highest BCUT2D eigenvalue weighted by Crippen LogP contribution is 2.47. The molecule has 0 radical (unpaired) electrons. The van der Waals surface area contributed by atoms with Gasteiger partial charge < -0.3 is 0 Å². The molecule has 0 fully saturated rings. The fourth-order valence-electron chi connectivity index (χ4n) is 3.36. The monoisotopic (exact) mass is 448 g/mol. The van der Waals surface area contributed by atoms with Crippen molar-refractivity contribution >= 4 is 28.4 Å². The largest absolute Gasteiger partial charge is 0.433 e. The first kappa shape index (κ1) is 21.0. The quantitative estimate of drug-likeness (QED) is 0.363. The number of halogens is 9. The van der Waals surface area contributed by atoms with E-state index in [1.165, 1.54) is 18.2 Å². The van der Waals surface area contributed by atoms with Crippen molar-refractivity contribution in [2.75, 3.05) is 4.90 Å². The first-order valence-electron chi connectivity index (χ1n) is 8.54. The number of allylic oxidation sites excluding steroid dienone is 1. The van der Waals surface area contributed by atoms with E-state index in [0.29, 0.717) is 24.3 Å². The SMILES string of the molecule is FC(F)(F)C1=Cc2cccc3cc(C(F)(F)F)nc(c23)N1c1cccc(C(F)(F)F)c1. The van der Waals surface area contributed by atoms with Crippen molar-refractivity contribution in [2.45, 2.75) is 18.5 Å². The van der Waals surface area contributed by atoms with Gasteiger partial charge in [-0.3, -0.25) is 4.90 Å². The molecule has 3 aromatic rings. The number of hydrogen-bond donors (Lipinski definition) is 0. The van der Waals surface area contributed by atoms with Crippen LogP contribution in [0.1, 0.15) is 16.8 Å². The molecule has 2 aromatic carbocycles. The van der Waals surface area contributed by atoms with Gasteiger partial charge in [-0.15, -0.1) is 0 Å². The van der Waals surface area contributed by atoms with E-state index in [-0.39, 0.29) is 21.2 Å². The Morgan fingerprint density at radius 3 is 2.00 bits per heavy atom. The van der Waals surface area contributed by atoms with Gasteiger partial charge in [-0.25, -0.2) is 4.98 Å². The minimum absolute atomic E-state index is 0.0408. The lowest BCUT2D eigenvalue weighted by molar-refractivity contribution is -0.141. The number of benzene rings is 2. The molecule has 1 aliphatic rings. The number of anilines is 2. The van der Waals surface area contributed by atoms with Gasteiger partial charge in [-0.2, -0.15) is 39.5 Å². The van der Waals surface area contributed by atoms with E-state index < -0.39 is 47.0 Å². The predicted molar refractivity (Wildman–Crippen MR) is 94.4 cm³/mol. The van der Waals surface area contributed by atoms with Crippen LogP contribution in [0.5, 0.6) is 0 Å². The van der Waals surface area contributed by atoms with Crippen LogP contribution in [0.25, 0.3) is 16.8 Å². The van der Waals surface area contributed by atoms with Crippen molar-refractivity contribution in [1.29, 1.82) is 0 Å². The molecule has 31 heavy (non-hydrogen) atoms. The summed E-state index contributed by atoms with van der Waals surface area (Å²) in [4.78, 5) is 3.67. The smallest absolute Gasteiger partial charge is 0.290 e. The van der Waals surface area contributed by atoms with Crippen molar-refractivity contribution in [3.05, 3.63) is 71.0 Å². The normalized spacial score (nSPS) is 14.7. The molecule has 1 aliphatic heterocycles. The molecule has 0 unspecified atom stereocenters. The lowest BCUT2D eigenvalue weighted by atomic mass is 9.98. The Hall–Kier alpha value is -3.24. The summed E-state index contributed by atoms with van der Waals surface area (Å²) >= 11 is 0. The Morgan fingerprint density at radius 1 is 0.710 bits per heavy atom. The molecule has 4 rings (SSSR count). The number of alkyl halides is 9. The Morgan fingerprint density at radius 2 is 1.39 bits per heavy atom. The second kappa shape index (κ2) is 6.63. The third-order valence-electron chi connectivity index (χ3n) is 4.63. The van der Waals surface area contributed by atoms with Crippen LogP contribution in [-0.4, -0.2) is 11.2 Å². The van der Waals surface area contributed by atoms with Crippen molar-refractivity contribution in [3.8, 4) is 0 Å². The van der Waals surface area contributed by atoms with Crippen molar-refractivity contribution in [2.24, 2.45) is 0 Å². The molecule has 0 N–H and O–H groups in total. The summed E-state index contributed by atoms with van der Waals surface area (Å²) in [5.74, 6) is -0.755. The Balaban J connectivity index is 2.07. The van der Waals surface area contributed by atoms with Gasteiger partial charge in [0.2, 0.25) is 0 Å². The maximum absolute atomic E-state index is 13.8. The number of pyridine rings is 1. The second-order valence-corrected chi connectivity index (χ2v) is 6.69. The maximum atomic E-state index is 13.8. The molecule has 0 bridgehead atoms. The minimum Gasteiger partial charge on any atom is -0.290 e. The highest BCUT2D eigenvalue weighted by atomic mass is 19.4. The van der Waals surface area contributed by atoms with E-state index >= 15 is 0 Å². The summed E-state index contributed by atoms with van der Waals surface area (Å²) < 4.78 is 121. The Bertz CT molecular complexity index is 1200. The lowest BCUT2D eigenvalue weighted by Crippen LogP contribution is -2.31. The van der Waals surface area contributed by atoms with Gasteiger partial charge in [0.1, 0.15) is 17.2 Å². The topological polar surface area (TPSA) is 16.1 Å². The standard InChI is InChI=1S/C20H9F9N2/c21-18(22,23)12-5-2-6-13(9-12)31-15(20(27,28)29)8-11-4-1-3-10-7-14(19(24,25)26)30-17(31)16(10)11/h1-9H. The Labute approximate surface area is 168 Å². The van der Waals surface area contributed by atoms with Crippen LogP contribution in [0.4, 0.5) is 51.0 Å². The maximum Gasteiger partial charge on any atom is 0.433 e. The number of aromatic nitrogens is 1. The van der Waals surface area contributed by atoms with Gasteiger partial charge in [-0.05, 0) is 41.3 Å². The van der Waals surface area contributed by atoms with E-state index in [0.717, 1.165) is 12.1 Å². The first-order valence-corrected chi connectivity index (χ1v) is 8.54. The molecule has 11 heteroatoms. The molecule has 0 aliphatic carbocycles. The van der Waals surface area contributed by atoms with Crippen molar-refractivity contribution < 1.29 is 39.5 Å². The zero-order valence-electron chi connectivity index (χ0n) is 15.0. The predicted octanol–water partition coefficient (Wildman–Crippen LogP) is 7.33. The average Bonchev–Trinajstić information content (AvgIpc) is 2.66. The molecule has 0 saturated carbocycles. The molecule has 0 atom stereocenters. The third-order valence-corrected chi connectivity index (χ3v) is 4.63. The Kier molecular flexibility index (Phi) is 4.49. The van der Waals surface area contributed by atoms with E-state index in [1.807, 2.05) is 0 Å². The van der Waals surface area contributed by atoms with E-state index in [2.05, 4.69) is 4.98 Å². The number of rotatable bonds is 1. The van der Waals surface area contributed by atoms with E-state index in [1.54, 1.807) is 0 Å². The van der Waals surface area contributed by atoms with Gasteiger partial charge in [0, 0.05) is 11.1 Å². The average molecular weight is 448 g/mol. The fourth-order valence-corrected chi connectivity index (χ4v) is 3.36. The van der Waals surface area contributed by atoms with Gasteiger partial charge >= 0.3 is 18.5 Å². The highest BCUT2D eigenvalue weighted by Gasteiger charge is 2.44. The molecular weight excluding hydrogens is 439 g/mol. The second-order valence-electron chi connectivity index (χ2n) is 6.69. The summed E-state index contributed by atoms with van der Waals surface area (Å²) in [5.41, 5.74) is -4.86. The van der Waals surface area contributed by atoms with Crippen LogP contribution < -0.4 is 4.90 Å². The minimum atomic E-state index is -5.09. The molecule has 162 valence electrons. The van der Waals surface area contributed by atoms with Gasteiger partial charge in [0.05, 0.1) is 5.56 Å². The molecule has 0 spiro atoms. The third kappa shape index (κ3) is 3.68. The highest BCUT2D eigenvalue weighted by molar-refractivity contribution is 6.04. The van der Waals surface area contributed by atoms with E-state index in [9.17, 15) is 39.5 Å². The lowest BCUT2D eigenvalue weighted by Gasteiger charge is -2.33. The summed E-state index contributed by atoms with van der Waals surface area (Å²) in [5, 5.41) is -0.0924. The van der Waals surface area contributed by atoms with Crippen LogP contribution in [0.2, 0.25) is 0 Å². The molecule has 1 aromatic heterocycles. The van der Waals surface area contributed by atoms with Gasteiger partial charge in [0.25, 0.3) is 0 Å². The molecule has 0 amide bonds. The van der Waals surface area contributed by atoms with Crippen LogP contribution >= 0.6 is 0 Å². The number of hydrogen-bond acceptors (Lipinski definition) is 2. The number of nitrogens with zero attached hydrogens (tertiary/aromatic N) is 2. The molecule has 2 nitrogen and oxygen atoms in total. The summed E-state index contributed by atoms with van der Waals surface area (Å²) in [7, 11) is 0. The zero-order valence-corrected chi connectivity index (χ0v) is 15.0. The molecular formula is C20H9F9N2. The first-order chi connectivity index (χ1) is 14.3. The molecule has 0 saturated heterocycles. The zero-order chi connectivity index (χ0) is 22.8. The van der Waals surface area contributed by atoms with E-state index in [4.69, 9.17) is 0 Å².